The zero-order valence-electron chi connectivity index (χ0n) is 14.6. The maximum absolute atomic E-state index is 6.21. The normalized spacial score (nSPS) is 15.6. The quantitative estimate of drug-likeness (QED) is 0.567. The van der Waals surface area contributed by atoms with Crippen LogP contribution in [0.1, 0.15) is 5.56 Å². The number of aromatic nitrogens is 2. The van der Waals surface area contributed by atoms with Gasteiger partial charge >= 0.3 is 0 Å². The number of benzene rings is 1. The molecule has 3 heterocycles. The summed E-state index contributed by atoms with van der Waals surface area (Å²) in [6.45, 7) is 4.11. The van der Waals surface area contributed by atoms with Crippen LogP contribution >= 0.6 is 11.3 Å². The minimum Gasteiger partial charge on any atom is -0.370 e. The fourth-order valence-corrected chi connectivity index (χ4v) is 4.20. The van der Waals surface area contributed by atoms with Crippen LogP contribution in [0.4, 0.5) is 5.95 Å². The van der Waals surface area contributed by atoms with Crippen molar-refractivity contribution < 1.29 is 0 Å². The molecular weight excluding hydrogens is 344 g/mol. The van der Waals surface area contributed by atoms with Crippen molar-refractivity contribution in [3.05, 3.63) is 53.7 Å². The van der Waals surface area contributed by atoms with Crippen molar-refractivity contribution in [1.82, 2.24) is 14.9 Å². The predicted octanol–water partition coefficient (Wildman–Crippen LogP) is 2.37. The molecule has 2 aromatic heterocycles. The Kier molecular flexibility index (Phi) is 4.97. The van der Waals surface area contributed by atoms with Crippen LogP contribution in [0.2, 0.25) is 0 Å². The Morgan fingerprint density at radius 1 is 1.08 bits per heavy atom. The molecule has 134 valence electrons. The third-order valence-corrected chi connectivity index (χ3v) is 5.67. The van der Waals surface area contributed by atoms with Gasteiger partial charge in [-0.15, -0.1) is 11.3 Å². The van der Waals surface area contributed by atoms with Gasteiger partial charge in [-0.2, -0.15) is 0 Å². The van der Waals surface area contributed by atoms with Crippen LogP contribution in [-0.4, -0.2) is 53.6 Å². The van der Waals surface area contributed by atoms with Crippen molar-refractivity contribution in [2.75, 3.05) is 37.6 Å². The largest absolute Gasteiger partial charge is 0.370 e. The van der Waals surface area contributed by atoms with Gasteiger partial charge in [0.25, 0.3) is 0 Å². The molecular formula is C19H22N6S. The minimum atomic E-state index is 0.637. The molecule has 1 fully saturated rings. The molecule has 0 radical (unpaired) electrons. The molecule has 0 amide bonds. The topological polar surface area (TPSA) is 70.6 Å². The second-order valence-electron chi connectivity index (χ2n) is 6.27. The van der Waals surface area contributed by atoms with E-state index in [-0.39, 0.29) is 0 Å². The van der Waals surface area contributed by atoms with Gasteiger partial charge in [-0.05, 0) is 34.9 Å². The zero-order chi connectivity index (χ0) is 17.8. The first-order valence-corrected chi connectivity index (χ1v) is 9.71. The van der Waals surface area contributed by atoms with Gasteiger partial charge in [0.15, 0.2) is 5.96 Å². The van der Waals surface area contributed by atoms with E-state index in [1.165, 1.54) is 15.6 Å². The van der Waals surface area contributed by atoms with E-state index in [0.717, 1.165) is 38.5 Å². The Morgan fingerprint density at radius 2 is 1.85 bits per heavy atom. The van der Waals surface area contributed by atoms with E-state index in [4.69, 9.17) is 5.73 Å². The number of rotatable bonds is 4. The van der Waals surface area contributed by atoms with Gasteiger partial charge in [0, 0.05) is 49.8 Å². The van der Waals surface area contributed by atoms with E-state index < -0.39 is 0 Å². The van der Waals surface area contributed by atoms with E-state index in [9.17, 15) is 0 Å². The summed E-state index contributed by atoms with van der Waals surface area (Å²) in [5, 5.41) is 3.57. The number of thiophene rings is 1. The van der Waals surface area contributed by atoms with Crippen molar-refractivity contribution >= 4 is 33.3 Å². The van der Waals surface area contributed by atoms with E-state index in [0.29, 0.717) is 12.5 Å². The molecule has 1 aromatic carbocycles. The number of guanidine groups is 1. The molecule has 6 nitrogen and oxygen atoms in total. The second-order valence-corrected chi connectivity index (χ2v) is 7.18. The molecule has 26 heavy (non-hydrogen) atoms. The molecule has 0 aliphatic carbocycles. The van der Waals surface area contributed by atoms with Crippen molar-refractivity contribution in [2.24, 2.45) is 10.7 Å². The fourth-order valence-electron chi connectivity index (χ4n) is 3.21. The summed E-state index contributed by atoms with van der Waals surface area (Å²) in [6, 6.07) is 10.3. The van der Waals surface area contributed by atoms with Crippen LogP contribution in [0.5, 0.6) is 0 Å². The van der Waals surface area contributed by atoms with Crippen molar-refractivity contribution in [2.45, 2.75) is 6.42 Å². The van der Waals surface area contributed by atoms with Crippen molar-refractivity contribution in [1.29, 1.82) is 0 Å². The van der Waals surface area contributed by atoms with Crippen LogP contribution in [0.25, 0.3) is 10.1 Å². The predicted molar refractivity (Wildman–Crippen MR) is 108 cm³/mol. The van der Waals surface area contributed by atoms with Crippen LogP contribution in [-0.2, 0) is 6.42 Å². The highest BCUT2D eigenvalue weighted by atomic mass is 32.1. The average Bonchev–Trinajstić information content (AvgIpc) is 3.12. The summed E-state index contributed by atoms with van der Waals surface area (Å²) in [6.07, 6.45) is 4.47. The Labute approximate surface area is 157 Å². The lowest BCUT2D eigenvalue weighted by molar-refractivity contribution is 0.378. The van der Waals surface area contributed by atoms with Crippen LogP contribution in [0, 0.1) is 0 Å². The average molecular weight is 366 g/mol. The maximum Gasteiger partial charge on any atom is 0.225 e. The van der Waals surface area contributed by atoms with Gasteiger partial charge in [-0.1, -0.05) is 18.2 Å². The monoisotopic (exact) mass is 366 g/mol. The van der Waals surface area contributed by atoms with Crippen LogP contribution in [0.3, 0.4) is 0 Å². The summed E-state index contributed by atoms with van der Waals surface area (Å²) < 4.78 is 1.33. The Morgan fingerprint density at radius 3 is 2.65 bits per heavy atom. The van der Waals surface area contributed by atoms with Crippen molar-refractivity contribution in [3.63, 3.8) is 0 Å². The highest BCUT2D eigenvalue weighted by molar-refractivity contribution is 7.17. The van der Waals surface area contributed by atoms with E-state index >= 15 is 0 Å². The molecule has 2 N–H and O–H groups in total. The molecule has 1 aliphatic heterocycles. The SMILES string of the molecule is NC(=NCCc1csc2ccccc12)N1CCN(c2ncccn2)CC1. The molecule has 0 unspecified atom stereocenters. The highest BCUT2D eigenvalue weighted by Crippen LogP contribution is 2.25. The van der Waals surface area contributed by atoms with Gasteiger partial charge in [0.1, 0.15) is 0 Å². The third-order valence-electron chi connectivity index (χ3n) is 4.65. The summed E-state index contributed by atoms with van der Waals surface area (Å²) >= 11 is 1.79. The number of hydrogen-bond donors (Lipinski definition) is 1. The number of fused-ring (bicyclic) bond motifs is 1. The molecule has 7 heteroatoms. The minimum absolute atomic E-state index is 0.637. The number of aliphatic imine (C=N–C) groups is 1. The van der Waals surface area contributed by atoms with Gasteiger partial charge in [-0.3, -0.25) is 4.99 Å². The van der Waals surface area contributed by atoms with E-state index in [1.807, 2.05) is 6.07 Å². The summed E-state index contributed by atoms with van der Waals surface area (Å²) in [4.78, 5) is 17.6. The maximum atomic E-state index is 6.21. The second kappa shape index (κ2) is 7.70. The number of hydrogen-bond acceptors (Lipinski definition) is 5. The smallest absolute Gasteiger partial charge is 0.225 e. The first-order valence-electron chi connectivity index (χ1n) is 8.83. The van der Waals surface area contributed by atoms with E-state index in [2.05, 4.69) is 54.4 Å². The van der Waals surface area contributed by atoms with E-state index in [1.54, 1.807) is 23.7 Å². The lowest BCUT2D eigenvalue weighted by atomic mass is 10.1. The lowest BCUT2D eigenvalue weighted by Gasteiger charge is -2.35. The Hall–Kier alpha value is -2.67. The number of piperazine rings is 1. The van der Waals surface area contributed by atoms with Gasteiger partial charge in [0.2, 0.25) is 5.95 Å². The molecule has 1 aliphatic rings. The molecule has 0 spiro atoms. The van der Waals surface area contributed by atoms with Crippen LogP contribution in [0.15, 0.2) is 53.1 Å². The Bertz CT molecular complexity index is 883. The van der Waals surface area contributed by atoms with Gasteiger partial charge in [-0.25, -0.2) is 9.97 Å². The number of nitrogens with zero attached hydrogens (tertiary/aromatic N) is 5. The fraction of sp³-hybridized carbons (Fsp3) is 0.316. The summed E-state index contributed by atoms with van der Waals surface area (Å²) in [5.74, 6) is 1.42. The van der Waals surface area contributed by atoms with Crippen LogP contribution < -0.4 is 10.6 Å². The lowest BCUT2D eigenvalue weighted by Crippen LogP contribution is -2.51. The molecule has 0 atom stereocenters. The first kappa shape index (κ1) is 16.8. The standard InChI is InChI=1S/C19H22N6S/c20-18(21-9-6-15-14-26-17-5-2-1-4-16(15)17)24-10-12-25(13-11-24)19-22-7-3-8-23-19/h1-5,7-8,14H,6,9-13H2,(H2,20,21). The number of nitrogens with two attached hydrogens (primary N) is 1. The zero-order valence-corrected chi connectivity index (χ0v) is 15.4. The van der Waals surface area contributed by atoms with Gasteiger partial charge < -0.3 is 15.5 Å². The molecule has 1 saturated heterocycles. The summed E-state index contributed by atoms with van der Waals surface area (Å²) in [5.41, 5.74) is 7.57. The molecule has 3 aromatic rings. The summed E-state index contributed by atoms with van der Waals surface area (Å²) in [7, 11) is 0. The first-order chi connectivity index (χ1) is 12.8. The van der Waals surface area contributed by atoms with Gasteiger partial charge in [0.05, 0.1) is 0 Å². The Balaban J connectivity index is 1.31. The highest BCUT2D eigenvalue weighted by Gasteiger charge is 2.19. The molecule has 0 saturated carbocycles. The molecule has 4 rings (SSSR count). The molecule has 0 bridgehead atoms. The number of anilines is 1. The van der Waals surface area contributed by atoms with Crippen molar-refractivity contribution in [3.8, 4) is 0 Å². The third kappa shape index (κ3) is 3.62.